The zero-order valence-electron chi connectivity index (χ0n) is 27.2. The van der Waals surface area contributed by atoms with E-state index in [1.54, 1.807) is 24.3 Å². The number of hydrogen-bond acceptors (Lipinski definition) is 5. The zero-order valence-corrected chi connectivity index (χ0v) is 28.7. The summed E-state index contributed by atoms with van der Waals surface area (Å²) in [6.45, 7) is 6.98. The second kappa shape index (κ2) is 16.0. The molecule has 49 heavy (non-hydrogen) atoms. The molecule has 1 unspecified atom stereocenters. The number of nitrogens with two attached hydrogens (primary N) is 1. The number of alkyl halides is 3. The highest BCUT2D eigenvalue weighted by atomic mass is 35.5. The fourth-order valence-electron chi connectivity index (χ4n) is 5.85. The average molecular weight is 713 g/mol. The number of carbonyl (C=O) groups is 1. The van der Waals surface area contributed by atoms with Crippen molar-refractivity contribution in [2.24, 2.45) is 5.73 Å². The molecule has 0 fully saturated rings. The Hall–Kier alpha value is -4.25. The number of anilines is 1. The summed E-state index contributed by atoms with van der Waals surface area (Å²) >= 11 is 12.3. The third-order valence-corrected chi connectivity index (χ3v) is 8.83. The molecule has 0 spiro atoms. The molecule has 5 rings (SSSR count). The number of hydrogen-bond donors (Lipinski definition) is 2. The number of carbonyl (C=O) groups excluding carboxylic acids is 1. The van der Waals surface area contributed by atoms with E-state index >= 15 is 0 Å². The first-order valence-corrected chi connectivity index (χ1v) is 16.9. The second-order valence-electron chi connectivity index (χ2n) is 11.8. The number of halogens is 5. The van der Waals surface area contributed by atoms with E-state index in [2.05, 4.69) is 40.9 Å². The predicted octanol–water partition coefficient (Wildman–Crippen LogP) is 9.29. The fraction of sp³-hybridized carbons (Fsp3) is 0.297. The molecule has 3 N–H and O–H groups in total. The number of amides is 1. The molecule has 7 nitrogen and oxygen atoms in total. The summed E-state index contributed by atoms with van der Waals surface area (Å²) in [6, 6.07) is 24.8. The molecule has 0 aliphatic carbocycles. The Morgan fingerprint density at radius 3 is 2.20 bits per heavy atom. The molecule has 1 heterocycles. The standard InChI is InChI=1S/C37H38Cl2F3N5O2/c1-3-17-46(18-4-2)28-11-8-26(9-12-28)36-45-33-20-27(32(21-35(43)48)44-22-25-7-15-30(38)31(39)19-25)10-16-34(33)47(36)23-24-5-13-29(14-6-24)49-37(40,41)42/h5-16,19-20,32,44H,3-4,17-18,21-23H2,1-2H3,(H2,43,48). The molecule has 0 saturated carbocycles. The van der Waals surface area contributed by atoms with Gasteiger partial charge in [0.05, 0.1) is 21.1 Å². The van der Waals surface area contributed by atoms with E-state index in [4.69, 9.17) is 33.9 Å². The van der Waals surface area contributed by atoms with Gasteiger partial charge < -0.3 is 25.3 Å². The minimum Gasteiger partial charge on any atom is -0.406 e. The molecule has 5 aromatic rings. The van der Waals surface area contributed by atoms with Gasteiger partial charge in [0.1, 0.15) is 11.6 Å². The smallest absolute Gasteiger partial charge is 0.406 e. The van der Waals surface area contributed by atoms with Crippen molar-refractivity contribution in [1.82, 2.24) is 14.9 Å². The van der Waals surface area contributed by atoms with Crippen LogP contribution in [0.3, 0.4) is 0 Å². The summed E-state index contributed by atoms with van der Waals surface area (Å²) in [5.74, 6) is -0.0528. The summed E-state index contributed by atoms with van der Waals surface area (Å²) in [5.41, 5.74) is 11.7. The lowest BCUT2D eigenvalue weighted by molar-refractivity contribution is -0.274. The number of imidazole rings is 1. The lowest BCUT2D eigenvalue weighted by Crippen LogP contribution is -2.26. The van der Waals surface area contributed by atoms with E-state index < -0.39 is 18.3 Å². The number of aromatic nitrogens is 2. The molecule has 4 aromatic carbocycles. The Bertz CT molecular complexity index is 1870. The first-order chi connectivity index (χ1) is 23.4. The van der Waals surface area contributed by atoms with Gasteiger partial charge in [-0.1, -0.05) is 61.3 Å². The Balaban J connectivity index is 1.51. The topological polar surface area (TPSA) is 85.4 Å². The van der Waals surface area contributed by atoms with Crippen LogP contribution in [0.1, 0.15) is 55.8 Å². The van der Waals surface area contributed by atoms with Gasteiger partial charge in [0.25, 0.3) is 0 Å². The minimum absolute atomic E-state index is 0.0558. The van der Waals surface area contributed by atoms with E-state index in [9.17, 15) is 18.0 Å². The van der Waals surface area contributed by atoms with Crippen molar-refractivity contribution < 1.29 is 22.7 Å². The van der Waals surface area contributed by atoms with E-state index in [1.807, 2.05) is 41.0 Å². The van der Waals surface area contributed by atoms with Crippen molar-refractivity contribution in [3.05, 3.63) is 112 Å². The van der Waals surface area contributed by atoms with Crippen LogP contribution < -0.4 is 20.7 Å². The number of benzene rings is 4. The summed E-state index contributed by atoms with van der Waals surface area (Å²) in [5, 5.41) is 4.30. The van der Waals surface area contributed by atoms with E-state index in [1.165, 1.54) is 12.1 Å². The fourth-order valence-corrected chi connectivity index (χ4v) is 6.17. The first-order valence-electron chi connectivity index (χ1n) is 16.1. The molecule has 1 amide bonds. The van der Waals surface area contributed by atoms with Crippen LogP contribution in [0.4, 0.5) is 18.9 Å². The molecule has 0 aliphatic heterocycles. The highest BCUT2D eigenvalue weighted by Crippen LogP contribution is 2.31. The Morgan fingerprint density at radius 1 is 0.918 bits per heavy atom. The Kier molecular flexibility index (Phi) is 11.7. The number of nitrogens with one attached hydrogen (secondary N) is 1. The summed E-state index contributed by atoms with van der Waals surface area (Å²) in [6.07, 6.45) is -2.65. The van der Waals surface area contributed by atoms with Crippen LogP contribution in [0.25, 0.3) is 22.4 Å². The van der Waals surface area contributed by atoms with Gasteiger partial charge in [-0.25, -0.2) is 4.98 Å². The molecule has 0 aliphatic rings. The molecule has 1 atom stereocenters. The Morgan fingerprint density at radius 2 is 1.59 bits per heavy atom. The third-order valence-electron chi connectivity index (χ3n) is 8.09. The zero-order chi connectivity index (χ0) is 35.1. The second-order valence-corrected chi connectivity index (χ2v) is 12.7. The molecule has 258 valence electrons. The molecule has 12 heteroatoms. The van der Waals surface area contributed by atoms with Gasteiger partial charge in [-0.3, -0.25) is 4.79 Å². The van der Waals surface area contributed by atoms with Crippen LogP contribution in [-0.2, 0) is 17.9 Å². The number of fused-ring (bicyclic) bond motifs is 1. The maximum atomic E-state index is 12.8. The van der Waals surface area contributed by atoms with Gasteiger partial charge in [0.15, 0.2) is 0 Å². The normalized spacial score (nSPS) is 12.3. The lowest BCUT2D eigenvalue weighted by Gasteiger charge is -2.24. The van der Waals surface area contributed by atoms with Crippen LogP contribution in [0.15, 0.2) is 84.9 Å². The third kappa shape index (κ3) is 9.47. The predicted molar refractivity (Wildman–Crippen MR) is 190 cm³/mol. The maximum Gasteiger partial charge on any atom is 0.573 e. The van der Waals surface area contributed by atoms with Gasteiger partial charge in [-0.05, 0) is 90.2 Å². The van der Waals surface area contributed by atoms with E-state index in [0.29, 0.717) is 34.5 Å². The van der Waals surface area contributed by atoms with Crippen LogP contribution in [-0.4, -0.2) is 34.9 Å². The van der Waals surface area contributed by atoms with Crippen LogP contribution >= 0.6 is 23.2 Å². The molecule has 1 aromatic heterocycles. The van der Waals surface area contributed by atoms with Crippen molar-refractivity contribution in [1.29, 1.82) is 0 Å². The van der Waals surface area contributed by atoms with Crippen LogP contribution in [0, 0.1) is 0 Å². The molecule has 0 bridgehead atoms. The van der Waals surface area contributed by atoms with Gasteiger partial charge in [-0.15, -0.1) is 13.2 Å². The average Bonchev–Trinajstić information content (AvgIpc) is 3.42. The number of nitrogens with zero attached hydrogens (tertiary/aromatic N) is 3. The van der Waals surface area contributed by atoms with E-state index in [0.717, 1.165) is 59.4 Å². The van der Waals surface area contributed by atoms with Gasteiger partial charge in [-0.2, -0.15) is 0 Å². The van der Waals surface area contributed by atoms with Crippen LogP contribution in [0.2, 0.25) is 10.0 Å². The van der Waals surface area contributed by atoms with Gasteiger partial charge in [0, 0.05) is 49.9 Å². The molecule has 0 saturated heterocycles. The molecule has 0 radical (unpaired) electrons. The summed E-state index contributed by atoms with van der Waals surface area (Å²) in [4.78, 5) is 19.5. The lowest BCUT2D eigenvalue weighted by atomic mass is 10.0. The van der Waals surface area contributed by atoms with Crippen LogP contribution in [0.5, 0.6) is 5.75 Å². The largest absolute Gasteiger partial charge is 0.573 e. The monoisotopic (exact) mass is 711 g/mol. The maximum absolute atomic E-state index is 12.8. The summed E-state index contributed by atoms with van der Waals surface area (Å²) < 4.78 is 44.4. The van der Waals surface area contributed by atoms with Crippen molar-refractivity contribution in [2.75, 3.05) is 18.0 Å². The van der Waals surface area contributed by atoms with Gasteiger partial charge >= 0.3 is 6.36 Å². The SMILES string of the molecule is CCCN(CCC)c1ccc(-c2nc3cc(C(CC(N)=O)NCc4ccc(Cl)c(Cl)c4)ccc3n2Cc2ccc(OC(F)(F)F)cc2)cc1. The number of ether oxygens (including phenoxy) is 1. The quantitative estimate of drug-likeness (QED) is 0.113. The summed E-state index contributed by atoms with van der Waals surface area (Å²) in [7, 11) is 0. The van der Waals surface area contributed by atoms with Crippen molar-refractivity contribution in [2.45, 2.75) is 58.6 Å². The van der Waals surface area contributed by atoms with Crippen molar-refractivity contribution >= 4 is 45.8 Å². The van der Waals surface area contributed by atoms with Crippen molar-refractivity contribution in [3.8, 4) is 17.1 Å². The number of rotatable bonds is 15. The first kappa shape index (κ1) is 36.0. The number of primary amides is 1. The highest BCUT2D eigenvalue weighted by molar-refractivity contribution is 6.42. The minimum atomic E-state index is -4.77. The van der Waals surface area contributed by atoms with Gasteiger partial charge in [0.2, 0.25) is 5.91 Å². The molecular weight excluding hydrogens is 674 g/mol. The molecular formula is C37H38Cl2F3N5O2. The highest BCUT2D eigenvalue weighted by Gasteiger charge is 2.31. The van der Waals surface area contributed by atoms with Crippen molar-refractivity contribution in [3.63, 3.8) is 0 Å². The Labute approximate surface area is 293 Å². The van der Waals surface area contributed by atoms with E-state index in [-0.39, 0.29) is 12.2 Å².